The van der Waals surface area contributed by atoms with Crippen LogP contribution in [0.2, 0.25) is 0 Å². The van der Waals surface area contributed by atoms with Crippen LogP contribution in [0.4, 0.5) is 4.39 Å². The lowest BCUT2D eigenvalue weighted by Gasteiger charge is -2.30. The molecule has 1 saturated heterocycles. The van der Waals surface area contributed by atoms with Gasteiger partial charge >= 0.3 is 0 Å². The van der Waals surface area contributed by atoms with Crippen molar-refractivity contribution in [3.8, 4) is 0 Å². The fourth-order valence-electron chi connectivity index (χ4n) is 2.83. The summed E-state index contributed by atoms with van der Waals surface area (Å²) in [5.41, 5.74) is 0.0629. The van der Waals surface area contributed by atoms with E-state index in [9.17, 15) is 14.0 Å². The molecule has 0 aromatic heterocycles. The van der Waals surface area contributed by atoms with E-state index in [1.807, 2.05) is 0 Å². The van der Waals surface area contributed by atoms with Crippen LogP contribution in [0.5, 0.6) is 0 Å². The third-order valence-electron chi connectivity index (χ3n) is 3.84. The highest BCUT2D eigenvalue weighted by Gasteiger charge is 2.29. The molecule has 1 amide bonds. The van der Waals surface area contributed by atoms with E-state index in [1.54, 1.807) is 17.0 Å². The summed E-state index contributed by atoms with van der Waals surface area (Å²) in [6.45, 7) is 2.12. The maximum Gasteiger partial charge on any atom is 0.258 e. The number of rotatable bonds is 3. The number of benzene rings is 1. The Morgan fingerprint density at radius 2 is 2.10 bits per heavy atom. The number of Topliss-reactive ketones (excluding diaryl/α,β-unsaturated/α-hetero) is 1. The van der Waals surface area contributed by atoms with Gasteiger partial charge in [0.15, 0.2) is 0 Å². The van der Waals surface area contributed by atoms with Gasteiger partial charge in [-0.2, -0.15) is 0 Å². The predicted octanol–water partition coefficient (Wildman–Crippen LogP) is 3.95. The first-order valence-electron chi connectivity index (χ1n) is 7.25. The third-order valence-corrected chi connectivity index (χ3v) is 4.50. The SMILES string of the molecule is CC(=O)CC1CCCCCN1C(=O)c1c(F)cccc1Br. The monoisotopic (exact) mass is 355 g/mol. The Morgan fingerprint density at radius 1 is 1.33 bits per heavy atom. The molecule has 21 heavy (non-hydrogen) atoms. The van der Waals surface area contributed by atoms with E-state index in [0.717, 1.165) is 25.7 Å². The molecule has 1 atom stereocenters. The Morgan fingerprint density at radius 3 is 2.76 bits per heavy atom. The number of likely N-dealkylation sites (tertiary alicyclic amines) is 1. The van der Waals surface area contributed by atoms with E-state index >= 15 is 0 Å². The van der Waals surface area contributed by atoms with E-state index in [1.165, 1.54) is 13.0 Å². The van der Waals surface area contributed by atoms with Gasteiger partial charge in [-0.15, -0.1) is 0 Å². The van der Waals surface area contributed by atoms with E-state index in [-0.39, 0.29) is 23.3 Å². The molecule has 0 saturated carbocycles. The van der Waals surface area contributed by atoms with E-state index in [2.05, 4.69) is 15.9 Å². The highest BCUT2D eigenvalue weighted by molar-refractivity contribution is 9.10. The molecule has 1 aromatic rings. The molecule has 0 spiro atoms. The van der Waals surface area contributed by atoms with Crippen molar-refractivity contribution in [1.29, 1.82) is 0 Å². The zero-order valence-electron chi connectivity index (χ0n) is 12.1. The summed E-state index contributed by atoms with van der Waals surface area (Å²) in [6, 6.07) is 4.39. The van der Waals surface area contributed by atoms with Crippen LogP contribution in [0, 0.1) is 5.82 Å². The summed E-state index contributed by atoms with van der Waals surface area (Å²) >= 11 is 3.25. The molecule has 2 rings (SSSR count). The highest BCUT2D eigenvalue weighted by Crippen LogP contribution is 2.26. The van der Waals surface area contributed by atoms with Gasteiger partial charge in [-0.3, -0.25) is 9.59 Å². The van der Waals surface area contributed by atoms with Crippen molar-refractivity contribution in [1.82, 2.24) is 4.90 Å². The summed E-state index contributed by atoms with van der Waals surface area (Å²) in [6.07, 6.45) is 4.08. The van der Waals surface area contributed by atoms with Crippen molar-refractivity contribution in [2.75, 3.05) is 6.54 Å². The van der Waals surface area contributed by atoms with Crippen molar-refractivity contribution < 1.29 is 14.0 Å². The lowest BCUT2D eigenvalue weighted by molar-refractivity contribution is -0.118. The molecular formula is C16H19BrFNO2. The minimum absolute atomic E-state index is 0.0623. The van der Waals surface area contributed by atoms with Gasteiger partial charge in [0.25, 0.3) is 5.91 Å². The smallest absolute Gasteiger partial charge is 0.258 e. The van der Waals surface area contributed by atoms with Gasteiger partial charge in [-0.1, -0.05) is 18.9 Å². The van der Waals surface area contributed by atoms with Gasteiger partial charge in [0.1, 0.15) is 11.6 Å². The number of nitrogens with zero attached hydrogens (tertiary/aromatic N) is 1. The molecule has 0 N–H and O–H groups in total. The molecule has 1 heterocycles. The van der Waals surface area contributed by atoms with Crippen LogP contribution in [-0.4, -0.2) is 29.2 Å². The molecule has 5 heteroatoms. The van der Waals surface area contributed by atoms with Gasteiger partial charge in [-0.05, 0) is 47.8 Å². The first kappa shape index (κ1) is 16.1. The first-order valence-corrected chi connectivity index (χ1v) is 8.04. The number of hydrogen-bond donors (Lipinski definition) is 0. The minimum Gasteiger partial charge on any atom is -0.335 e. The summed E-state index contributed by atoms with van der Waals surface area (Å²) < 4.78 is 14.5. The van der Waals surface area contributed by atoms with Crippen molar-refractivity contribution in [3.05, 3.63) is 34.1 Å². The predicted molar refractivity (Wildman–Crippen MR) is 82.7 cm³/mol. The van der Waals surface area contributed by atoms with Crippen LogP contribution in [0.1, 0.15) is 49.4 Å². The Balaban J connectivity index is 2.31. The summed E-state index contributed by atoms with van der Waals surface area (Å²) in [5, 5.41) is 0. The van der Waals surface area contributed by atoms with Gasteiger partial charge in [0.05, 0.1) is 5.56 Å². The Labute approximate surface area is 132 Å². The fraction of sp³-hybridized carbons (Fsp3) is 0.500. The minimum atomic E-state index is -0.528. The number of halogens is 2. The van der Waals surface area contributed by atoms with Gasteiger partial charge in [0, 0.05) is 23.5 Å². The van der Waals surface area contributed by atoms with Crippen molar-refractivity contribution in [2.24, 2.45) is 0 Å². The maximum atomic E-state index is 14.0. The molecule has 0 radical (unpaired) electrons. The average molecular weight is 356 g/mol. The number of hydrogen-bond acceptors (Lipinski definition) is 2. The number of ketones is 1. The zero-order chi connectivity index (χ0) is 15.4. The second-order valence-electron chi connectivity index (χ2n) is 5.50. The molecule has 1 aliphatic heterocycles. The normalized spacial score (nSPS) is 19.2. The first-order chi connectivity index (χ1) is 10.0. The molecule has 1 aromatic carbocycles. The Bertz CT molecular complexity index is 527. The topological polar surface area (TPSA) is 37.4 Å². The van der Waals surface area contributed by atoms with Gasteiger partial charge in [-0.25, -0.2) is 4.39 Å². The fourth-order valence-corrected chi connectivity index (χ4v) is 3.35. The molecule has 0 aliphatic carbocycles. The largest absolute Gasteiger partial charge is 0.335 e. The standard InChI is InChI=1S/C16H19BrFNO2/c1-11(20)10-12-6-3-2-4-9-19(12)16(21)15-13(17)7-5-8-14(15)18/h5,7-8,12H,2-4,6,9-10H2,1H3. The Kier molecular flexibility index (Phi) is 5.51. The Hall–Kier alpha value is -1.23. The third kappa shape index (κ3) is 3.90. The van der Waals surface area contributed by atoms with E-state index < -0.39 is 5.82 Å². The lowest BCUT2D eigenvalue weighted by atomic mass is 10.0. The van der Waals surface area contributed by atoms with Crippen LogP contribution in [0.25, 0.3) is 0 Å². The maximum absolute atomic E-state index is 14.0. The highest BCUT2D eigenvalue weighted by atomic mass is 79.9. The molecule has 1 unspecified atom stereocenters. The van der Waals surface area contributed by atoms with Gasteiger partial charge in [0.2, 0.25) is 0 Å². The van der Waals surface area contributed by atoms with Crippen LogP contribution < -0.4 is 0 Å². The number of carbonyl (C=O) groups excluding carboxylic acids is 2. The van der Waals surface area contributed by atoms with Crippen LogP contribution in [0.3, 0.4) is 0 Å². The van der Waals surface area contributed by atoms with E-state index in [0.29, 0.717) is 17.4 Å². The van der Waals surface area contributed by atoms with Gasteiger partial charge < -0.3 is 4.90 Å². The van der Waals surface area contributed by atoms with Crippen molar-refractivity contribution in [3.63, 3.8) is 0 Å². The number of carbonyl (C=O) groups is 2. The second-order valence-corrected chi connectivity index (χ2v) is 6.36. The quantitative estimate of drug-likeness (QED) is 0.822. The van der Waals surface area contributed by atoms with Crippen LogP contribution in [0.15, 0.2) is 22.7 Å². The molecule has 1 fully saturated rings. The van der Waals surface area contributed by atoms with Crippen LogP contribution >= 0.6 is 15.9 Å². The molecule has 3 nitrogen and oxygen atoms in total. The number of amides is 1. The molecule has 0 bridgehead atoms. The van der Waals surface area contributed by atoms with Crippen molar-refractivity contribution in [2.45, 2.75) is 45.1 Å². The van der Waals surface area contributed by atoms with E-state index in [4.69, 9.17) is 0 Å². The molecule has 1 aliphatic rings. The lowest BCUT2D eigenvalue weighted by Crippen LogP contribution is -2.41. The summed E-state index contributed by atoms with van der Waals surface area (Å²) in [7, 11) is 0. The summed E-state index contributed by atoms with van der Waals surface area (Å²) in [5.74, 6) is -0.791. The zero-order valence-corrected chi connectivity index (χ0v) is 13.7. The second kappa shape index (κ2) is 7.16. The molecule has 114 valence electrons. The molecular weight excluding hydrogens is 337 g/mol. The summed E-state index contributed by atoms with van der Waals surface area (Å²) in [4.78, 5) is 25.9. The van der Waals surface area contributed by atoms with Crippen molar-refractivity contribution >= 4 is 27.6 Å². The van der Waals surface area contributed by atoms with Crippen LogP contribution in [-0.2, 0) is 4.79 Å². The average Bonchev–Trinajstić information content (AvgIpc) is 2.63.